The van der Waals surface area contributed by atoms with E-state index in [2.05, 4.69) is 22.6 Å². The fraction of sp³-hybridized carbons (Fsp3) is 0.125. The molecule has 70 valence electrons. The topological polar surface area (TPSA) is 66.6 Å². The van der Waals surface area contributed by atoms with Crippen LogP contribution in [0.3, 0.4) is 0 Å². The molecule has 5 heteroatoms. The number of anilines is 1. The first-order valence-corrected chi connectivity index (χ1v) is 4.61. The summed E-state index contributed by atoms with van der Waals surface area (Å²) in [6, 6.07) is 4.93. The van der Waals surface area contributed by atoms with Gasteiger partial charge in [0.2, 0.25) is 0 Å². The van der Waals surface area contributed by atoms with Gasteiger partial charge in [-0.15, -0.1) is 0 Å². The summed E-state index contributed by atoms with van der Waals surface area (Å²) in [6.07, 6.45) is 0. The minimum absolute atomic E-state index is 0.384. The Kier molecular flexibility index (Phi) is 3.10. The standard InChI is InChI=1S/C8H9IN2O2/c1-11(13)8(12)5-2-6(9)4-7(10)3-5/h2-4,13H,10H2,1H3. The third-order valence-corrected chi connectivity index (χ3v) is 2.08. The Balaban J connectivity index is 3.08. The molecule has 4 nitrogen and oxygen atoms in total. The lowest BCUT2D eigenvalue weighted by Crippen LogP contribution is -2.22. The second kappa shape index (κ2) is 3.93. The first-order valence-electron chi connectivity index (χ1n) is 3.53. The number of nitrogens with zero attached hydrogens (tertiary/aromatic N) is 1. The highest BCUT2D eigenvalue weighted by Gasteiger charge is 2.10. The van der Waals surface area contributed by atoms with E-state index in [0.717, 1.165) is 3.57 Å². The SMILES string of the molecule is CN(O)C(=O)c1cc(N)cc(I)c1. The van der Waals surface area contributed by atoms with Crippen molar-refractivity contribution in [3.8, 4) is 0 Å². The monoisotopic (exact) mass is 292 g/mol. The molecule has 0 aliphatic rings. The van der Waals surface area contributed by atoms with Gasteiger partial charge >= 0.3 is 0 Å². The molecular weight excluding hydrogens is 283 g/mol. The zero-order valence-electron chi connectivity index (χ0n) is 6.99. The molecule has 1 amide bonds. The summed E-state index contributed by atoms with van der Waals surface area (Å²) in [5, 5.41) is 9.43. The van der Waals surface area contributed by atoms with E-state index < -0.39 is 5.91 Å². The van der Waals surface area contributed by atoms with Crippen LogP contribution < -0.4 is 5.73 Å². The molecule has 0 aromatic heterocycles. The summed E-state index contributed by atoms with van der Waals surface area (Å²) in [6.45, 7) is 0. The lowest BCUT2D eigenvalue weighted by Gasteiger charge is -2.08. The molecule has 0 atom stereocenters. The number of halogens is 1. The van der Waals surface area contributed by atoms with Crippen LogP contribution in [0.4, 0.5) is 5.69 Å². The molecule has 1 aromatic carbocycles. The molecule has 0 bridgehead atoms. The van der Waals surface area contributed by atoms with Gasteiger partial charge in [-0.05, 0) is 40.8 Å². The van der Waals surface area contributed by atoms with Gasteiger partial charge in [0.1, 0.15) is 0 Å². The molecule has 0 radical (unpaired) electrons. The molecule has 1 aromatic rings. The number of carbonyl (C=O) groups is 1. The van der Waals surface area contributed by atoms with Crippen molar-refractivity contribution in [1.29, 1.82) is 0 Å². The van der Waals surface area contributed by atoms with Crippen LogP contribution in [-0.2, 0) is 0 Å². The highest BCUT2D eigenvalue weighted by atomic mass is 127. The molecule has 0 unspecified atom stereocenters. The Labute approximate surface area is 89.4 Å². The maximum absolute atomic E-state index is 11.3. The van der Waals surface area contributed by atoms with Gasteiger partial charge in [0.25, 0.3) is 5.91 Å². The van der Waals surface area contributed by atoms with Gasteiger partial charge < -0.3 is 5.73 Å². The van der Waals surface area contributed by atoms with Crippen molar-refractivity contribution in [2.24, 2.45) is 0 Å². The maximum atomic E-state index is 11.3. The van der Waals surface area contributed by atoms with Crippen molar-refractivity contribution in [2.45, 2.75) is 0 Å². The number of nitrogens with two attached hydrogens (primary N) is 1. The van der Waals surface area contributed by atoms with Gasteiger partial charge in [0.15, 0.2) is 0 Å². The molecular formula is C8H9IN2O2. The number of amides is 1. The fourth-order valence-electron chi connectivity index (χ4n) is 0.923. The largest absolute Gasteiger partial charge is 0.399 e. The number of rotatable bonds is 1. The first-order chi connectivity index (χ1) is 6.00. The fourth-order valence-corrected chi connectivity index (χ4v) is 1.62. The molecule has 0 saturated carbocycles. The van der Waals surface area contributed by atoms with E-state index in [1.54, 1.807) is 12.1 Å². The predicted molar refractivity (Wildman–Crippen MR) is 57.5 cm³/mol. The molecule has 0 heterocycles. The quantitative estimate of drug-likeness (QED) is 0.355. The van der Waals surface area contributed by atoms with Crippen LogP contribution >= 0.6 is 22.6 Å². The summed E-state index contributed by atoms with van der Waals surface area (Å²) in [5.74, 6) is -0.467. The summed E-state index contributed by atoms with van der Waals surface area (Å²) in [7, 11) is 1.28. The molecule has 0 spiro atoms. The van der Waals surface area contributed by atoms with Crippen LogP contribution in [0, 0.1) is 3.57 Å². The molecule has 0 aliphatic heterocycles. The summed E-state index contributed by atoms with van der Waals surface area (Å²) in [5.41, 5.74) is 6.44. The van der Waals surface area contributed by atoms with Crippen LogP contribution in [0.15, 0.2) is 18.2 Å². The summed E-state index contributed by atoms with van der Waals surface area (Å²) in [4.78, 5) is 11.3. The van der Waals surface area contributed by atoms with Crippen LogP contribution in [-0.4, -0.2) is 23.2 Å². The smallest absolute Gasteiger partial charge is 0.277 e. The Morgan fingerprint density at radius 3 is 2.62 bits per heavy atom. The van der Waals surface area contributed by atoms with Crippen LogP contribution in [0.2, 0.25) is 0 Å². The molecule has 0 aliphatic carbocycles. The highest BCUT2D eigenvalue weighted by Crippen LogP contribution is 2.14. The van der Waals surface area contributed by atoms with Gasteiger partial charge in [-0.2, -0.15) is 0 Å². The van der Waals surface area contributed by atoms with E-state index in [1.807, 2.05) is 0 Å². The predicted octanol–water partition coefficient (Wildman–Crippen LogP) is 1.33. The van der Waals surface area contributed by atoms with E-state index in [1.165, 1.54) is 13.1 Å². The lowest BCUT2D eigenvalue weighted by molar-refractivity contribution is -0.0374. The third kappa shape index (κ3) is 2.56. The van der Waals surface area contributed by atoms with Crippen LogP contribution in [0.25, 0.3) is 0 Å². The zero-order valence-corrected chi connectivity index (χ0v) is 9.15. The number of benzene rings is 1. The number of hydrogen-bond donors (Lipinski definition) is 2. The van der Waals surface area contributed by atoms with Crippen molar-refractivity contribution in [2.75, 3.05) is 12.8 Å². The first kappa shape index (κ1) is 10.3. The Morgan fingerprint density at radius 2 is 2.15 bits per heavy atom. The van der Waals surface area contributed by atoms with Crippen molar-refractivity contribution in [1.82, 2.24) is 5.06 Å². The molecule has 3 N–H and O–H groups in total. The van der Waals surface area contributed by atoms with E-state index in [9.17, 15) is 4.79 Å². The van der Waals surface area contributed by atoms with Crippen LogP contribution in [0.1, 0.15) is 10.4 Å². The normalized spacial score (nSPS) is 9.77. The molecule has 13 heavy (non-hydrogen) atoms. The van der Waals surface area contributed by atoms with E-state index in [-0.39, 0.29) is 0 Å². The third-order valence-electron chi connectivity index (χ3n) is 1.46. The average molecular weight is 292 g/mol. The highest BCUT2D eigenvalue weighted by molar-refractivity contribution is 14.1. The van der Waals surface area contributed by atoms with Crippen molar-refractivity contribution in [3.05, 3.63) is 27.3 Å². The zero-order chi connectivity index (χ0) is 10.0. The summed E-state index contributed by atoms with van der Waals surface area (Å²) >= 11 is 2.06. The van der Waals surface area contributed by atoms with Crippen molar-refractivity contribution >= 4 is 34.2 Å². The summed E-state index contributed by atoms with van der Waals surface area (Å²) < 4.78 is 0.864. The van der Waals surface area contributed by atoms with Gasteiger partial charge in [-0.25, -0.2) is 5.06 Å². The minimum atomic E-state index is -0.467. The van der Waals surface area contributed by atoms with E-state index >= 15 is 0 Å². The Bertz CT molecular complexity index is 319. The molecule has 1 rings (SSSR count). The second-order valence-electron chi connectivity index (χ2n) is 2.60. The van der Waals surface area contributed by atoms with Crippen molar-refractivity contribution < 1.29 is 10.0 Å². The average Bonchev–Trinajstić information content (AvgIpc) is 2.01. The van der Waals surface area contributed by atoms with Gasteiger partial charge in [-0.3, -0.25) is 10.0 Å². The van der Waals surface area contributed by atoms with E-state index in [0.29, 0.717) is 16.3 Å². The Morgan fingerprint density at radius 1 is 1.54 bits per heavy atom. The van der Waals surface area contributed by atoms with Crippen LogP contribution in [0.5, 0.6) is 0 Å². The maximum Gasteiger partial charge on any atom is 0.277 e. The number of carbonyl (C=O) groups excluding carboxylic acids is 1. The van der Waals surface area contributed by atoms with Crippen molar-refractivity contribution in [3.63, 3.8) is 0 Å². The lowest BCUT2D eigenvalue weighted by atomic mass is 10.2. The van der Waals surface area contributed by atoms with Gasteiger partial charge in [0, 0.05) is 21.9 Å². The second-order valence-corrected chi connectivity index (χ2v) is 3.85. The number of nitrogen functional groups attached to an aromatic ring is 1. The molecule has 0 saturated heterocycles. The minimum Gasteiger partial charge on any atom is -0.399 e. The number of hydrogen-bond acceptors (Lipinski definition) is 3. The van der Waals surface area contributed by atoms with E-state index in [4.69, 9.17) is 10.9 Å². The molecule has 0 fully saturated rings. The van der Waals surface area contributed by atoms with Gasteiger partial charge in [0.05, 0.1) is 0 Å². The van der Waals surface area contributed by atoms with Gasteiger partial charge in [-0.1, -0.05) is 0 Å². The number of hydroxylamine groups is 2. The Hall–Kier alpha value is -0.820.